The summed E-state index contributed by atoms with van der Waals surface area (Å²) >= 11 is 1.56. The fourth-order valence-electron chi connectivity index (χ4n) is 1.51. The summed E-state index contributed by atoms with van der Waals surface area (Å²) in [4.78, 5) is 20.6. The molecule has 0 aliphatic carbocycles. The van der Waals surface area contributed by atoms with Crippen LogP contribution in [0.25, 0.3) is 0 Å². The van der Waals surface area contributed by atoms with E-state index < -0.39 is 0 Å². The van der Waals surface area contributed by atoms with E-state index in [0.29, 0.717) is 12.4 Å². The van der Waals surface area contributed by atoms with Crippen molar-refractivity contribution in [3.8, 4) is 5.88 Å². The zero-order chi connectivity index (χ0) is 14.6. The molecule has 1 N–H and O–H groups in total. The summed E-state index contributed by atoms with van der Waals surface area (Å²) in [5.74, 6) is 0.669. The third kappa shape index (κ3) is 4.07. The first-order chi connectivity index (χ1) is 8.86. The van der Waals surface area contributed by atoms with E-state index in [1.54, 1.807) is 37.4 Å². The second kappa shape index (κ2) is 6.72. The summed E-state index contributed by atoms with van der Waals surface area (Å²) in [5, 5.41) is 4.08. The lowest BCUT2D eigenvalue weighted by Crippen LogP contribution is -2.41. The van der Waals surface area contributed by atoms with E-state index in [0.717, 1.165) is 10.0 Å². The number of anilines is 1. The first-order valence-corrected chi connectivity index (χ1v) is 6.84. The Morgan fingerprint density at radius 2 is 2.05 bits per heavy atom. The smallest absolute Gasteiger partial charge is 0.238 e. The Morgan fingerprint density at radius 3 is 2.53 bits per heavy atom. The Kier molecular flexibility index (Phi) is 5.56. The highest BCUT2D eigenvalue weighted by molar-refractivity contribution is 7.15. The largest absolute Gasteiger partial charge is 0.480 e. The van der Waals surface area contributed by atoms with Gasteiger partial charge in [0.05, 0.1) is 18.0 Å². The average Bonchev–Trinajstić information content (AvgIpc) is 2.78. The minimum absolute atomic E-state index is 0.0521. The first kappa shape index (κ1) is 15.7. The van der Waals surface area contributed by atoms with Gasteiger partial charge in [0.15, 0.2) is 5.13 Å². The van der Waals surface area contributed by atoms with Gasteiger partial charge in [0, 0.05) is 34.7 Å². The van der Waals surface area contributed by atoms with E-state index in [1.807, 2.05) is 25.9 Å². The van der Waals surface area contributed by atoms with E-state index in [1.165, 1.54) is 0 Å². The lowest BCUT2D eigenvalue weighted by Gasteiger charge is -2.17. The van der Waals surface area contributed by atoms with Gasteiger partial charge in [-0.1, -0.05) is 11.3 Å². The molecule has 19 heavy (non-hydrogen) atoms. The van der Waals surface area contributed by atoms with Crippen LogP contribution in [0.3, 0.4) is 0 Å². The van der Waals surface area contributed by atoms with E-state index in [4.69, 9.17) is 4.74 Å². The number of hydrogen-bond acceptors (Lipinski definition) is 6. The first-order valence-electron chi connectivity index (χ1n) is 6.02. The molecule has 0 fully saturated rings. The number of amides is 1. The lowest BCUT2D eigenvalue weighted by atomic mass is 10.3. The van der Waals surface area contributed by atoms with Crippen LogP contribution >= 0.6 is 11.3 Å². The van der Waals surface area contributed by atoms with Gasteiger partial charge in [0.2, 0.25) is 11.8 Å². The molecule has 0 radical (unpaired) electrons. The van der Waals surface area contributed by atoms with Gasteiger partial charge in [0.25, 0.3) is 0 Å². The van der Waals surface area contributed by atoms with Gasteiger partial charge < -0.3 is 19.9 Å². The maximum absolute atomic E-state index is 11.7. The number of nitrogens with zero attached hydrogens (tertiary/aromatic N) is 3. The van der Waals surface area contributed by atoms with Gasteiger partial charge in [-0.3, -0.25) is 4.79 Å². The van der Waals surface area contributed by atoms with E-state index in [-0.39, 0.29) is 11.9 Å². The molecule has 0 aliphatic heterocycles. The SMILES string of the molecule is COc1nc(N(C)C)sc1CNC(C)C(=O)N(C)C. The molecule has 6 nitrogen and oxygen atoms in total. The van der Waals surface area contributed by atoms with Crippen molar-refractivity contribution in [2.75, 3.05) is 40.2 Å². The predicted octanol–water partition coefficient (Wildman–Crippen LogP) is 0.784. The topological polar surface area (TPSA) is 57.7 Å². The predicted molar refractivity (Wildman–Crippen MR) is 78.0 cm³/mol. The average molecular weight is 286 g/mol. The zero-order valence-corrected chi connectivity index (χ0v) is 13.2. The van der Waals surface area contributed by atoms with Crippen molar-refractivity contribution in [1.82, 2.24) is 15.2 Å². The quantitative estimate of drug-likeness (QED) is 0.837. The van der Waals surface area contributed by atoms with Gasteiger partial charge in [-0.15, -0.1) is 0 Å². The highest BCUT2D eigenvalue weighted by atomic mass is 32.1. The number of aromatic nitrogens is 1. The molecule has 0 saturated carbocycles. The monoisotopic (exact) mass is 286 g/mol. The van der Waals surface area contributed by atoms with Gasteiger partial charge in [-0.2, -0.15) is 4.98 Å². The molecular formula is C12H22N4O2S. The molecule has 1 aromatic rings. The summed E-state index contributed by atoms with van der Waals surface area (Å²) in [5.41, 5.74) is 0. The van der Waals surface area contributed by atoms with Crippen molar-refractivity contribution in [1.29, 1.82) is 0 Å². The molecule has 108 valence electrons. The maximum atomic E-state index is 11.7. The fourth-order valence-corrected chi connectivity index (χ4v) is 2.41. The minimum atomic E-state index is -0.232. The fraction of sp³-hybridized carbons (Fsp3) is 0.667. The van der Waals surface area contributed by atoms with Crippen LogP contribution in [0, 0.1) is 0 Å². The summed E-state index contributed by atoms with van der Waals surface area (Å²) in [6, 6.07) is -0.232. The molecule has 0 aliphatic rings. The van der Waals surface area contributed by atoms with Crippen molar-refractivity contribution < 1.29 is 9.53 Å². The number of carbonyl (C=O) groups is 1. The van der Waals surface area contributed by atoms with E-state index >= 15 is 0 Å². The van der Waals surface area contributed by atoms with Crippen LogP contribution in [0.2, 0.25) is 0 Å². The Labute approximate surface area is 118 Å². The number of carbonyl (C=O) groups excluding carboxylic acids is 1. The normalized spacial score (nSPS) is 12.1. The van der Waals surface area contributed by atoms with Gasteiger partial charge in [-0.25, -0.2) is 0 Å². The summed E-state index contributed by atoms with van der Waals surface area (Å²) in [6.07, 6.45) is 0. The number of likely N-dealkylation sites (N-methyl/N-ethyl adjacent to an activating group) is 1. The van der Waals surface area contributed by atoms with Crippen LogP contribution in [0.15, 0.2) is 0 Å². The molecule has 7 heteroatoms. The summed E-state index contributed by atoms with van der Waals surface area (Å²) < 4.78 is 5.25. The molecule has 0 aromatic carbocycles. The van der Waals surface area contributed by atoms with E-state index in [9.17, 15) is 4.79 Å². The molecule has 1 aromatic heterocycles. The number of ether oxygens (including phenoxy) is 1. The molecule has 0 spiro atoms. The van der Waals surface area contributed by atoms with Crippen LogP contribution in [0.5, 0.6) is 5.88 Å². The van der Waals surface area contributed by atoms with Crippen molar-refractivity contribution in [3.63, 3.8) is 0 Å². The van der Waals surface area contributed by atoms with Gasteiger partial charge >= 0.3 is 0 Å². The molecule has 1 amide bonds. The standard InChI is InChI=1S/C12H22N4O2S/c1-8(11(17)15(2)3)13-7-9-10(18-6)14-12(19-9)16(4)5/h8,13H,7H2,1-6H3. The van der Waals surface area contributed by atoms with Gasteiger partial charge in [0.1, 0.15) is 0 Å². The van der Waals surface area contributed by atoms with E-state index in [2.05, 4.69) is 10.3 Å². The summed E-state index contributed by atoms with van der Waals surface area (Å²) in [7, 11) is 8.98. The van der Waals surface area contributed by atoms with Crippen LogP contribution in [0.1, 0.15) is 11.8 Å². The van der Waals surface area contributed by atoms with Crippen LogP contribution in [-0.4, -0.2) is 57.1 Å². The van der Waals surface area contributed by atoms with Crippen LogP contribution < -0.4 is 15.0 Å². The Bertz CT molecular complexity index is 431. The number of thiazole rings is 1. The number of nitrogens with one attached hydrogen (secondary N) is 1. The number of rotatable bonds is 6. The number of hydrogen-bond donors (Lipinski definition) is 1. The highest BCUT2D eigenvalue weighted by Gasteiger charge is 2.17. The molecule has 0 bridgehead atoms. The summed E-state index contributed by atoms with van der Waals surface area (Å²) in [6.45, 7) is 2.41. The van der Waals surface area contributed by atoms with Crippen LogP contribution in [-0.2, 0) is 11.3 Å². The Morgan fingerprint density at radius 1 is 1.42 bits per heavy atom. The highest BCUT2D eigenvalue weighted by Crippen LogP contribution is 2.30. The van der Waals surface area contributed by atoms with Crippen molar-refractivity contribution in [2.45, 2.75) is 19.5 Å². The minimum Gasteiger partial charge on any atom is -0.480 e. The molecule has 1 heterocycles. The second-order valence-electron chi connectivity index (χ2n) is 4.66. The van der Waals surface area contributed by atoms with Crippen molar-refractivity contribution in [2.24, 2.45) is 0 Å². The zero-order valence-electron chi connectivity index (χ0n) is 12.4. The third-order valence-electron chi connectivity index (χ3n) is 2.61. The van der Waals surface area contributed by atoms with Crippen molar-refractivity contribution in [3.05, 3.63) is 4.88 Å². The molecule has 1 unspecified atom stereocenters. The maximum Gasteiger partial charge on any atom is 0.238 e. The second-order valence-corrected chi connectivity index (χ2v) is 5.72. The molecule has 1 rings (SSSR count). The molecular weight excluding hydrogens is 264 g/mol. The molecule has 0 saturated heterocycles. The van der Waals surface area contributed by atoms with Crippen molar-refractivity contribution >= 4 is 22.4 Å². The van der Waals surface area contributed by atoms with Crippen LogP contribution in [0.4, 0.5) is 5.13 Å². The molecule has 1 atom stereocenters. The third-order valence-corrected chi connectivity index (χ3v) is 3.81. The number of methoxy groups -OCH3 is 1. The Balaban J connectivity index is 2.69. The lowest BCUT2D eigenvalue weighted by molar-refractivity contribution is -0.130. The Hall–Kier alpha value is -1.34. The van der Waals surface area contributed by atoms with Gasteiger partial charge in [-0.05, 0) is 6.92 Å².